The molecule has 0 bridgehead atoms. The highest BCUT2D eigenvalue weighted by Gasteiger charge is 2.32. The molecule has 1 aromatic carbocycles. The van der Waals surface area contributed by atoms with Crippen LogP contribution in [0.3, 0.4) is 0 Å². The van der Waals surface area contributed by atoms with Gasteiger partial charge in [-0.2, -0.15) is 5.10 Å². The zero-order valence-electron chi connectivity index (χ0n) is 14.6. The fourth-order valence-corrected chi connectivity index (χ4v) is 2.90. The van der Waals surface area contributed by atoms with Gasteiger partial charge >= 0.3 is 6.03 Å². The quantitative estimate of drug-likeness (QED) is 0.923. The Morgan fingerprint density at radius 2 is 2.28 bits per heavy atom. The Bertz CT molecular complexity index is 763. The van der Waals surface area contributed by atoms with E-state index in [1.807, 2.05) is 13.0 Å². The number of carbonyl (C=O) groups excluding carboxylic acids is 1. The summed E-state index contributed by atoms with van der Waals surface area (Å²) in [6.45, 7) is 4.84. The Hall–Kier alpha value is -2.48. The number of benzene rings is 1. The van der Waals surface area contributed by atoms with Crippen LogP contribution in [0.1, 0.15) is 36.0 Å². The lowest BCUT2D eigenvalue weighted by molar-refractivity contribution is 0.00692. The van der Waals surface area contributed by atoms with Gasteiger partial charge in [0.25, 0.3) is 0 Å². The number of hydrogen-bond donors (Lipinski definition) is 1. The number of halogens is 1. The Labute approximate surface area is 145 Å². The second-order valence-corrected chi connectivity index (χ2v) is 6.21. The van der Waals surface area contributed by atoms with Gasteiger partial charge in [0.05, 0.1) is 19.3 Å². The summed E-state index contributed by atoms with van der Waals surface area (Å²) in [6.07, 6.45) is 1.46. The van der Waals surface area contributed by atoms with Crippen LogP contribution in [0.15, 0.2) is 24.5 Å². The summed E-state index contributed by atoms with van der Waals surface area (Å²) in [4.78, 5) is 18.7. The second kappa shape index (κ2) is 7.18. The molecule has 134 valence electrons. The predicted octanol–water partition coefficient (Wildman–Crippen LogP) is 2.11. The maximum atomic E-state index is 13.8. The van der Waals surface area contributed by atoms with E-state index in [4.69, 9.17) is 4.74 Å². The molecule has 0 saturated carbocycles. The van der Waals surface area contributed by atoms with Crippen molar-refractivity contribution in [2.24, 2.45) is 7.05 Å². The fourth-order valence-electron chi connectivity index (χ4n) is 2.90. The maximum absolute atomic E-state index is 13.8. The van der Waals surface area contributed by atoms with Gasteiger partial charge in [-0.05, 0) is 31.0 Å². The molecule has 1 aliphatic rings. The first-order valence-corrected chi connectivity index (χ1v) is 8.22. The molecule has 1 N–H and O–H groups in total. The van der Waals surface area contributed by atoms with E-state index in [1.54, 1.807) is 29.6 Å². The van der Waals surface area contributed by atoms with Gasteiger partial charge in [0, 0.05) is 13.6 Å². The minimum absolute atomic E-state index is 0.232. The van der Waals surface area contributed by atoms with E-state index in [1.165, 1.54) is 12.4 Å². The highest BCUT2D eigenvalue weighted by atomic mass is 19.1. The molecule has 3 rings (SSSR count). The summed E-state index contributed by atoms with van der Waals surface area (Å²) in [6, 6.07) is 4.14. The maximum Gasteiger partial charge on any atom is 0.318 e. The van der Waals surface area contributed by atoms with Gasteiger partial charge in [-0.3, -0.25) is 4.68 Å². The number of hydrogen-bond acceptors (Lipinski definition) is 4. The molecular formula is C17H22FN5O2. The summed E-state index contributed by atoms with van der Waals surface area (Å²) in [5.41, 5.74) is 1.30. The van der Waals surface area contributed by atoms with Gasteiger partial charge in [-0.15, -0.1) is 0 Å². The van der Waals surface area contributed by atoms with Crippen LogP contribution in [0, 0.1) is 12.7 Å². The van der Waals surface area contributed by atoms with Gasteiger partial charge in [0.1, 0.15) is 18.2 Å². The number of nitrogens with one attached hydrogen (secondary N) is 1. The number of aryl methyl sites for hydroxylation is 2. The number of amides is 2. The summed E-state index contributed by atoms with van der Waals surface area (Å²) in [5, 5.41) is 6.99. The summed E-state index contributed by atoms with van der Waals surface area (Å²) in [5.74, 6) is 0.394. The van der Waals surface area contributed by atoms with Crippen LogP contribution in [-0.2, 0) is 11.8 Å². The van der Waals surface area contributed by atoms with Crippen molar-refractivity contribution in [3.05, 3.63) is 47.3 Å². The van der Waals surface area contributed by atoms with E-state index in [2.05, 4.69) is 15.4 Å². The van der Waals surface area contributed by atoms with E-state index in [9.17, 15) is 9.18 Å². The molecule has 2 atom stereocenters. The third-order valence-corrected chi connectivity index (χ3v) is 4.47. The number of urea groups is 1. The van der Waals surface area contributed by atoms with Gasteiger partial charge in [-0.25, -0.2) is 14.2 Å². The van der Waals surface area contributed by atoms with E-state index in [0.717, 1.165) is 5.56 Å². The molecule has 8 heteroatoms. The molecule has 7 nitrogen and oxygen atoms in total. The highest BCUT2D eigenvalue weighted by Crippen LogP contribution is 2.23. The topological polar surface area (TPSA) is 72.3 Å². The largest absolute Gasteiger partial charge is 0.377 e. The van der Waals surface area contributed by atoms with E-state index >= 15 is 0 Å². The third-order valence-electron chi connectivity index (χ3n) is 4.47. The minimum Gasteiger partial charge on any atom is -0.377 e. The molecule has 2 aromatic rings. The van der Waals surface area contributed by atoms with Crippen molar-refractivity contribution in [2.75, 3.05) is 19.8 Å². The molecule has 1 saturated heterocycles. The number of ether oxygens (including phenoxy) is 1. The Kier molecular flexibility index (Phi) is 4.98. The van der Waals surface area contributed by atoms with Crippen molar-refractivity contribution in [2.45, 2.75) is 25.9 Å². The lowest BCUT2D eigenvalue weighted by atomic mass is 10.1. The van der Waals surface area contributed by atoms with Crippen LogP contribution < -0.4 is 5.32 Å². The predicted molar refractivity (Wildman–Crippen MR) is 89.4 cm³/mol. The number of rotatable bonds is 3. The van der Waals surface area contributed by atoms with Gasteiger partial charge in [-0.1, -0.05) is 12.1 Å². The standard InChI is InChI=1S/C17H22FN5O2/c1-11-4-5-13(8-14(11)18)12(2)21-17(24)23-6-7-25-9-15(23)16-19-10-20-22(16)3/h4-5,8,10,12,15H,6-7,9H2,1-3H3,(H,21,24). The van der Waals surface area contributed by atoms with E-state index in [0.29, 0.717) is 31.1 Å². The second-order valence-electron chi connectivity index (χ2n) is 6.21. The number of carbonyl (C=O) groups is 1. The third kappa shape index (κ3) is 3.63. The summed E-state index contributed by atoms with van der Waals surface area (Å²) in [7, 11) is 1.78. The molecule has 2 heterocycles. The Balaban J connectivity index is 1.74. The molecule has 1 fully saturated rings. The zero-order chi connectivity index (χ0) is 18.0. The first-order chi connectivity index (χ1) is 12.0. The molecule has 2 amide bonds. The van der Waals surface area contributed by atoms with Crippen molar-refractivity contribution in [3.8, 4) is 0 Å². The number of nitrogens with zero attached hydrogens (tertiary/aromatic N) is 4. The van der Waals surface area contributed by atoms with Gasteiger partial charge in [0.2, 0.25) is 0 Å². The molecule has 1 aromatic heterocycles. The SMILES string of the molecule is Cc1ccc(C(C)NC(=O)N2CCOCC2c2ncnn2C)cc1F. The highest BCUT2D eigenvalue weighted by molar-refractivity contribution is 5.75. The fraction of sp³-hybridized carbons (Fsp3) is 0.471. The lowest BCUT2D eigenvalue weighted by Crippen LogP contribution is -2.49. The van der Waals surface area contributed by atoms with Crippen molar-refractivity contribution < 1.29 is 13.9 Å². The van der Waals surface area contributed by atoms with E-state index < -0.39 is 0 Å². The normalized spacial score (nSPS) is 18.9. The van der Waals surface area contributed by atoms with Crippen LogP contribution >= 0.6 is 0 Å². The van der Waals surface area contributed by atoms with Crippen molar-refractivity contribution in [1.82, 2.24) is 25.0 Å². The smallest absolute Gasteiger partial charge is 0.318 e. The zero-order valence-corrected chi connectivity index (χ0v) is 14.6. The molecule has 1 aliphatic heterocycles. The van der Waals surface area contributed by atoms with Crippen molar-refractivity contribution in [1.29, 1.82) is 0 Å². The van der Waals surface area contributed by atoms with Crippen molar-refractivity contribution >= 4 is 6.03 Å². The van der Waals surface area contributed by atoms with Crippen LogP contribution in [0.2, 0.25) is 0 Å². The van der Waals surface area contributed by atoms with E-state index in [-0.39, 0.29) is 23.9 Å². The monoisotopic (exact) mass is 347 g/mol. The summed E-state index contributed by atoms with van der Waals surface area (Å²) < 4.78 is 20.9. The first-order valence-electron chi connectivity index (χ1n) is 8.22. The first kappa shape index (κ1) is 17.3. The van der Waals surface area contributed by atoms with Crippen LogP contribution in [0.5, 0.6) is 0 Å². The molecule has 0 aliphatic carbocycles. The van der Waals surface area contributed by atoms with Crippen LogP contribution in [0.4, 0.5) is 9.18 Å². The molecule has 25 heavy (non-hydrogen) atoms. The Morgan fingerprint density at radius 3 is 2.96 bits per heavy atom. The lowest BCUT2D eigenvalue weighted by Gasteiger charge is -2.35. The average molecular weight is 347 g/mol. The summed E-state index contributed by atoms with van der Waals surface area (Å²) >= 11 is 0. The van der Waals surface area contributed by atoms with Crippen LogP contribution in [0.25, 0.3) is 0 Å². The van der Waals surface area contributed by atoms with Crippen LogP contribution in [-0.4, -0.2) is 45.5 Å². The Morgan fingerprint density at radius 1 is 1.48 bits per heavy atom. The minimum atomic E-state index is -0.314. The average Bonchev–Trinajstić information content (AvgIpc) is 3.03. The van der Waals surface area contributed by atoms with Gasteiger partial charge in [0.15, 0.2) is 5.82 Å². The molecule has 2 unspecified atom stereocenters. The number of aromatic nitrogens is 3. The van der Waals surface area contributed by atoms with Crippen molar-refractivity contribution in [3.63, 3.8) is 0 Å². The molecule has 0 radical (unpaired) electrons. The molecular weight excluding hydrogens is 325 g/mol. The number of morpholine rings is 1. The van der Waals surface area contributed by atoms with Gasteiger partial charge < -0.3 is 15.0 Å². The molecule has 0 spiro atoms.